The Bertz CT molecular complexity index is 377. The van der Waals surface area contributed by atoms with Gasteiger partial charge in [-0.05, 0) is 20.3 Å². The van der Waals surface area contributed by atoms with Crippen LogP contribution in [-0.2, 0) is 0 Å². The predicted octanol–water partition coefficient (Wildman–Crippen LogP) is 3.13. The Morgan fingerprint density at radius 3 is 2.35 bits per heavy atom. The molecule has 0 radical (unpaired) electrons. The lowest BCUT2D eigenvalue weighted by atomic mass is 10.2. The minimum absolute atomic E-state index is 0.174. The molecule has 0 saturated heterocycles. The maximum atomic E-state index is 5.84. The molecule has 0 saturated carbocycles. The summed E-state index contributed by atoms with van der Waals surface area (Å²) in [7, 11) is 1.87. The number of aromatic nitrogens is 2. The summed E-state index contributed by atoms with van der Waals surface area (Å²) < 4.78 is 5.84. The van der Waals surface area contributed by atoms with Crippen LogP contribution in [0.4, 0.5) is 5.82 Å². The van der Waals surface area contributed by atoms with Gasteiger partial charge in [-0.2, -0.15) is 4.98 Å². The molecular formula is C13H23N3O. The van der Waals surface area contributed by atoms with E-state index in [1.54, 1.807) is 0 Å². The summed E-state index contributed by atoms with van der Waals surface area (Å²) in [5, 5.41) is 3.09. The van der Waals surface area contributed by atoms with Gasteiger partial charge in [0.25, 0.3) is 0 Å². The van der Waals surface area contributed by atoms with E-state index < -0.39 is 0 Å². The predicted molar refractivity (Wildman–Crippen MR) is 70.8 cm³/mol. The average molecular weight is 237 g/mol. The maximum Gasteiger partial charge on any atom is 0.222 e. The Hall–Kier alpha value is -1.32. The third-order valence-corrected chi connectivity index (χ3v) is 2.76. The fourth-order valence-corrected chi connectivity index (χ4v) is 1.40. The van der Waals surface area contributed by atoms with E-state index in [9.17, 15) is 0 Å². The van der Waals surface area contributed by atoms with Crippen molar-refractivity contribution >= 4 is 5.82 Å². The Morgan fingerprint density at radius 1 is 1.24 bits per heavy atom. The number of rotatable bonds is 5. The third kappa shape index (κ3) is 3.32. The topological polar surface area (TPSA) is 47.0 Å². The van der Waals surface area contributed by atoms with Crippen molar-refractivity contribution < 1.29 is 4.74 Å². The van der Waals surface area contributed by atoms with Crippen LogP contribution in [0, 0.1) is 6.92 Å². The molecule has 4 nitrogen and oxygen atoms in total. The molecular weight excluding hydrogens is 214 g/mol. The molecule has 0 fully saturated rings. The number of hydrogen-bond acceptors (Lipinski definition) is 4. The summed E-state index contributed by atoms with van der Waals surface area (Å²) in [6, 6.07) is 0. The van der Waals surface area contributed by atoms with Crippen molar-refractivity contribution in [3.8, 4) is 5.88 Å². The largest absolute Gasteiger partial charge is 0.474 e. The monoisotopic (exact) mass is 237 g/mol. The standard InChI is InChI=1S/C13H23N3O/c1-7-9(4)17-13-10(5)12(14-6)15-11(16-13)8(2)3/h8-9H,7H2,1-6H3,(H,14,15,16). The van der Waals surface area contributed by atoms with Crippen molar-refractivity contribution in [2.45, 2.75) is 53.1 Å². The summed E-state index contributed by atoms with van der Waals surface area (Å²) >= 11 is 0. The van der Waals surface area contributed by atoms with Gasteiger partial charge in [-0.1, -0.05) is 20.8 Å². The van der Waals surface area contributed by atoms with Gasteiger partial charge < -0.3 is 10.1 Å². The molecule has 0 aliphatic rings. The molecule has 0 amide bonds. The van der Waals surface area contributed by atoms with Crippen LogP contribution in [-0.4, -0.2) is 23.1 Å². The van der Waals surface area contributed by atoms with Gasteiger partial charge in [-0.3, -0.25) is 0 Å². The minimum Gasteiger partial charge on any atom is -0.474 e. The fourth-order valence-electron chi connectivity index (χ4n) is 1.40. The number of nitrogens with one attached hydrogen (secondary N) is 1. The fraction of sp³-hybridized carbons (Fsp3) is 0.692. The van der Waals surface area contributed by atoms with Crippen LogP contribution in [0.1, 0.15) is 51.4 Å². The highest BCUT2D eigenvalue weighted by Gasteiger charge is 2.14. The first-order valence-corrected chi connectivity index (χ1v) is 6.22. The van der Waals surface area contributed by atoms with Crippen molar-refractivity contribution in [1.82, 2.24) is 9.97 Å². The Morgan fingerprint density at radius 2 is 1.88 bits per heavy atom. The van der Waals surface area contributed by atoms with Crippen molar-refractivity contribution in [2.75, 3.05) is 12.4 Å². The summed E-state index contributed by atoms with van der Waals surface area (Å²) in [6.45, 7) is 10.3. The molecule has 0 aliphatic carbocycles. The van der Waals surface area contributed by atoms with Gasteiger partial charge in [0.15, 0.2) is 0 Å². The van der Waals surface area contributed by atoms with Gasteiger partial charge in [0.2, 0.25) is 5.88 Å². The van der Waals surface area contributed by atoms with Crippen molar-refractivity contribution in [3.63, 3.8) is 0 Å². The van der Waals surface area contributed by atoms with Crippen molar-refractivity contribution in [3.05, 3.63) is 11.4 Å². The van der Waals surface area contributed by atoms with Gasteiger partial charge in [0, 0.05) is 13.0 Å². The van der Waals surface area contributed by atoms with Crippen LogP contribution in [0.3, 0.4) is 0 Å². The molecule has 96 valence electrons. The minimum atomic E-state index is 0.174. The van der Waals surface area contributed by atoms with E-state index in [-0.39, 0.29) is 6.10 Å². The molecule has 0 aliphatic heterocycles. The van der Waals surface area contributed by atoms with Crippen molar-refractivity contribution in [1.29, 1.82) is 0 Å². The van der Waals surface area contributed by atoms with E-state index in [1.807, 2.05) is 14.0 Å². The Kier molecular flexibility index (Phi) is 4.73. The zero-order valence-corrected chi connectivity index (χ0v) is 11.7. The molecule has 1 N–H and O–H groups in total. The quantitative estimate of drug-likeness (QED) is 0.854. The number of anilines is 1. The Labute approximate surface area is 104 Å². The first-order valence-electron chi connectivity index (χ1n) is 6.22. The van der Waals surface area contributed by atoms with E-state index in [4.69, 9.17) is 4.74 Å². The van der Waals surface area contributed by atoms with Crippen LogP contribution in [0.2, 0.25) is 0 Å². The van der Waals surface area contributed by atoms with Crippen LogP contribution in [0.5, 0.6) is 5.88 Å². The molecule has 0 aromatic carbocycles. The van der Waals surface area contributed by atoms with Crippen LogP contribution >= 0.6 is 0 Å². The second-order valence-electron chi connectivity index (χ2n) is 4.60. The molecule has 4 heteroatoms. The smallest absolute Gasteiger partial charge is 0.222 e. The van der Waals surface area contributed by atoms with E-state index >= 15 is 0 Å². The molecule has 0 bridgehead atoms. The first-order chi connectivity index (χ1) is 7.99. The highest BCUT2D eigenvalue weighted by atomic mass is 16.5. The van der Waals surface area contributed by atoms with Crippen molar-refractivity contribution in [2.24, 2.45) is 0 Å². The molecule has 1 heterocycles. The third-order valence-electron chi connectivity index (χ3n) is 2.76. The molecule has 0 spiro atoms. The molecule has 17 heavy (non-hydrogen) atoms. The van der Waals surface area contributed by atoms with Gasteiger partial charge in [-0.15, -0.1) is 0 Å². The normalized spacial score (nSPS) is 12.6. The number of nitrogens with zero attached hydrogens (tertiary/aromatic N) is 2. The highest BCUT2D eigenvalue weighted by molar-refractivity contribution is 5.48. The Balaban J connectivity index is 3.13. The average Bonchev–Trinajstić information content (AvgIpc) is 2.31. The molecule has 1 aromatic heterocycles. The van der Waals surface area contributed by atoms with Gasteiger partial charge >= 0.3 is 0 Å². The van der Waals surface area contributed by atoms with Gasteiger partial charge in [0.1, 0.15) is 11.6 Å². The molecule has 1 rings (SSSR count). The first kappa shape index (κ1) is 13.7. The number of hydrogen-bond donors (Lipinski definition) is 1. The van der Waals surface area contributed by atoms with E-state index in [1.165, 1.54) is 0 Å². The van der Waals surface area contributed by atoms with Gasteiger partial charge in [-0.25, -0.2) is 4.98 Å². The second-order valence-corrected chi connectivity index (χ2v) is 4.60. The summed E-state index contributed by atoms with van der Waals surface area (Å²) in [5.74, 6) is 2.66. The lowest BCUT2D eigenvalue weighted by Gasteiger charge is -2.17. The van der Waals surface area contributed by atoms with E-state index in [0.717, 1.165) is 23.6 Å². The lowest BCUT2D eigenvalue weighted by molar-refractivity contribution is 0.206. The summed E-state index contributed by atoms with van der Waals surface area (Å²) in [4.78, 5) is 8.98. The second kappa shape index (κ2) is 5.84. The number of ether oxygens (including phenoxy) is 1. The summed E-state index contributed by atoms with van der Waals surface area (Å²) in [5.41, 5.74) is 0.970. The van der Waals surface area contributed by atoms with Crippen LogP contribution < -0.4 is 10.1 Å². The van der Waals surface area contributed by atoms with Crippen LogP contribution in [0.15, 0.2) is 0 Å². The van der Waals surface area contributed by atoms with Gasteiger partial charge in [0.05, 0.1) is 11.7 Å². The SMILES string of the molecule is CCC(C)Oc1nc(C(C)C)nc(NC)c1C. The lowest BCUT2D eigenvalue weighted by Crippen LogP contribution is -2.14. The molecule has 1 atom stereocenters. The molecule has 1 unspecified atom stereocenters. The van der Waals surface area contributed by atoms with Crippen LogP contribution in [0.25, 0.3) is 0 Å². The highest BCUT2D eigenvalue weighted by Crippen LogP contribution is 2.25. The zero-order valence-electron chi connectivity index (χ0n) is 11.7. The van der Waals surface area contributed by atoms with E-state index in [2.05, 4.69) is 43.0 Å². The summed E-state index contributed by atoms with van der Waals surface area (Å²) in [6.07, 6.45) is 1.14. The van der Waals surface area contributed by atoms with E-state index in [0.29, 0.717) is 11.8 Å². The molecule has 1 aromatic rings. The maximum absolute atomic E-state index is 5.84. The zero-order chi connectivity index (χ0) is 13.0.